The minimum atomic E-state index is -0.456. The minimum Gasteiger partial charge on any atom is -0.395 e. The Morgan fingerprint density at radius 1 is 1.30 bits per heavy atom. The molecule has 0 unspecified atom stereocenters. The molecule has 0 aliphatic rings. The number of imidazole rings is 1. The highest BCUT2D eigenvalue weighted by Crippen LogP contribution is 2.16. The molecule has 0 saturated carbocycles. The fourth-order valence-corrected chi connectivity index (χ4v) is 3.00. The number of nitrogens with zero attached hydrogens (tertiary/aromatic N) is 3. The third kappa shape index (κ3) is 5.06. The third-order valence-corrected chi connectivity index (χ3v) is 4.26. The van der Waals surface area contributed by atoms with Gasteiger partial charge in [-0.2, -0.15) is 0 Å². The molecule has 0 spiro atoms. The maximum Gasteiger partial charge on any atom is 0.330 e. The molecule has 2 aromatic heterocycles. The van der Waals surface area contributed by atoms with E-state index in [-0.39, 0.29) is 31.4 Å². The van der Waals surface area contributed by atoms with Crippen molar-refractivity contribution in [2.24, 2.45) is 5.92 Å². The molecule has 2 heterocycles. The number of aromatic amines is 1. The van der Waals surface area contributed by atoms with E-state index in [9.17, 15) is 14.4 Å². The first-order valence-electron chi connectivity index (χ1n) is 9.48. The van der Waals surface area contributed by atoms with Crippen molar-refractivity contribution in [1.29, 1.82) is 0 Å². The van der Waals surface area contributed by atoms with Crippen LogP contribution in [0.2, 0.25) is 0 Å². The Hall–Kier alpha value is -2.42. The van der Waals surface area contributed by atoms with Crippen molar-refractivity contribution in [1.82, 2.24) is 24.4 Å². The molecule has 27 heavy (non-hydrogen) atoms. The van der Waals surface area contributed by atoms with Crippen LogP contribution in [0, 0.1) is 5.92 Å². The largest absolute Gasteiger partial charge is 0.395 e. The Morgan fingerprint density at radius 2 is 2.04 bits per heavy atom. The summed E-state index contributed by atoms with van der Waals surface area (Å²) in [5.74, 6) is 0.684. The molecule has 0 atom stereocenters. The van der Waals surface area contributed by atoms with Gasteiger partial charge in [-0.3, -0.25) is 19.1 Å². The standard InChI is InChI=1S/C18H29N5O4/c1-4-5-9-22-16-15(17(26)21-18(22)27)23(11-12(2)3)13(20-16)6-7-14(25)19-8-10-24/h12,24H,4-11H2,1-3H3,(H,19,25)(H,21,26,27). The number of H-pyrrole nitrogens is 1. The van der Waals surface area contributed by atoms with Crippen LogP contribution in [-0.4, -0.2) is 43.3 Å². The van der Waals surface area contributed by atoms with Gasteiger partial charge >= 0.3 is 5.69 Å². The van der Waals surface area contributed by atoms with E-state index in [1.54, 1.807) is 0 Å². The molecule has 1 amide bonds. The van der Waals surface area contributed by atoms with Crippen LogP contribution in [0.25, 0.3) is 11.2 Å². The van der Waals surface area contributed by atoms with E-state index in [0.29, 0.717) is 36.5 Å². The zero-order valence-corrected chi connectivity index (χ0v) is 16.2. The highest BCUT2D eigenvalue weighted by Gasteiger charge is 2.19. The van der Waals surface area contributed by atoms with E-state index in [2.05, 4.69) is 15.3 Å². The Kier molecular flexibility index (Phi) is 7.35. The predicted molar refractivity (Wildman–Crippen MR) is 103 cm³/mol. The summed E-state index contributed by atoms with van der Waals surface area (Å²) in [5.41, 5.74) is -0.150. The average Bonchev–Trinajstić information content (AvgIpc) is 2.96. The fraction of sp³-hybridized carbons (Fsp3) is 0.667. The molecule has 0 aromatic carbocycles. The number of hydrogen-bond donors (Lipinski definition) is 3. The number of aliphatic hydroxyl groups excluding tert-OH is 1. The number of aryl methyl sites for hydroxylation is 2. The molecule has 0 aliphatic carbocycles. The SMILES string of the molecule is CCCCn1c(=O)[nH]c(=O)c2c1nc(CCC(=O)NCCO)n2CC(C)C. The van der Waals surface area contributed by atoms with Crippen LogP contribution in [0.15, 0.2) is 9.59 Å². The molecular weight excluding hydrogens is 350 g/mol. The van der Waals surface area contributed by atoms with Gasteiger partial charge in [-0.15, -0.1) is 0 Å². The van der Waals surface area contributed by atoms with Gasteiger partial charge < -0.3 is 15.0 Å². The minimum absolute atomic E-state index is 0.114. The van der Waals surface area contributed by atoms with E-state index >= 15 is 0 Å². The zero-order chi connectivity index (χ0) is 20.0. The van der Waals surface area contributed by atoms with Crippen LogP contribution >= 0.6 is 0 Å². The van der Waals surface area contributed by atoms with E-state index in [4.69, 9.17) is 5.11 Å². The summed E-state index contributed by atoms with van der Waals surface area (Å²) in [4.78, 5) is 43.6. The number of rotatable bonds is 10. The van der Waals surface area contributed by atoms with Crippen molar-refractivity contribution in [2.75, 3.05) is 13.2 Å². The molecule has 0 saturated heterocycles. The summed E-state index contributed by atoms with van der Waals surface area (Å²) in [6, 6.07) is 0. The highest BCUT2D eigenvalue weighted by molar-refractivity contribution is 5.76. The van der Waals surface area contributed by atoms with Gasteiger partial charge in [-0.05, 0) is 12.3 Å². The summed E-state index contributed by atoms with van der Waals surface area (Å²) >= 11 is 0. The first kappa shape index (κ1) is 20.9. The normalized spacial score (nSPS) is 11.4. The zero-order valence-electron chi connectivity index (χ0n) is 16.2. The summed E-state index contributed by atoms with van der Waals surface area (Å²) in [6.07, 6.45) is 2.26. The summed E-state index contributed by atoms with van der Waals surface area (Å²) in [6.45, 7) is 7.24. The Morgan fingerprint density at radius 3 is 2.67 bits per heavy atom. The quantitative estimate of drug-likeness (QED) is 0.551. The van der Waals surface area contributed by atoms with Gasteiger partial charge in [0.1, 0.15) is 5.82 Å². The first-order chi connectivity index (χ1) is 12.9. The maximum absolute atomic E-state index is 12.5. The molecule has 3 N–H and O–H groups in total. The lowest BCUT2D eigenvalue weighted by Crippen LogP contribution is -2.31. The van der Waals surface area contributed by atoms with E-state index in [1.807, 2.05) is 25.3 Å². The number of carbonyl (C=O) groups is 1. The fourth-order valence-electron chi connectivity index (χ4n) is 3.00. The second kappa shape index (κ2) is 9.50. The van der Waals surface area contributed by atoms with Crippen molar-refractivity contribution in [2.45, 2.75) is 59.5 Å². The second-order valence-corrected chi connectivity index (χ2v) is 7.04. The summed E-state index contributed by atoms with van der Waals surface area (Å²) in [7, 11) is 0. The van der Waals surface area contributed by atoms with Gasteiger partial charge in [0.15, 0.2) is 11.2 Å². The number of nitrogens with one attached hydrogen (secondary N) is 2. The number of fused-ring (bicyclic) bond motifs is 1. The molecule has 9 nitrogen and oxygen atoms in total. The maximum atomic E-state index is 12.5. The molecule has 0 aliphatic heterocycles. The molecule has 2 aromatic rings. The monoisotopic (exact) mass is 379 g/mol. The van der Waals surface area contributed by atoms with Crippen LogP contribution < -0.4 is 16.6 Å². The van der Waals surface area contributed by atoms with Crippen LogP contribution in [0.4, 0.5) is 0 Å². The van der Waals surface area contributed by atoms with Crippen molar-refractivity contribution in [3.05, 3.63) is 26.7 Å². The lowest BCUT2D eigenvalue weighted by Gasteiger charge is -2.11. The van der Waals surface area contributed by atoms with Crippen LogP contribution in [-0.2, 0) is 24.3 Å². The van der Waals surface area contributed by atoms with Crippen molar-refractivity contribution in [3.8, 4) is 0 Å². The number of unbranched alkanes of at least 4 members (excludes halogenated alkanes) is 1. The van der Waals surface area contributed by atoms with Gasteiger partial charge in [0.25, 0.3) is 5.56 Å². The predicted octanol–water partition coefficient (Wildman–Crippen LogP) is 0.384. The summed E-state index contributed by atoms with van der Waals surface area (Å²) < 4.78 is 3.33. The van der Waals surface area contributed by atoms with Crippen molar-refractivity contribution < 1.29 is 9.90 Å². The van der Waals surface area contributed by atoms with Crippen LogP contribution in [0.1, 0.15) is 45.9 Å². The molecule has 9 heteroatoms. The number of carbonyl (C=O) groups excluding carboxylic acids is 1. The van der Waals surface area contributed by atoms with E-state index in [1.165, 1.54) is 4.57 Å². The van der Waals surface area contributed by atoms with Gasteiger partial charge in [0, 0.05) is 32.5 Å². The van der Waals surface area contributed by atoms with Crippen LogP contribution in [0.5, 0.6) is 0 Å². The lowest BCUT2D eigenvalue weighted by atomic mass is 10.2. The molecule has 150 valence electrons. The molecule has 2 rings (SSSR count). The highest BCUT2D eigenvalue weighted by atomic mass is 16.3. The van der Waals surface area contributed by atoms with Gasteiger partial charge in [-0.1, -0.05) is 27.2 Å². The number of amides is 1. The Labute approximate surface area is 157 Å². The molecular formula is C18H29N5O4. The topological polar surface area (TPSA) is 122 Å². The van der Waals surface area contributed by atoms with Gasteiger partial charge in [-0.25, -0.2) is 9.78 Å². The van der Waals surface area contributed by atoms with Gasteiger partial charge in [0.2, 0.25) is 5.91 Å². The van der Waals surface area contributed by atoms with Crippen molar-refractivity contribution >= 4 is 17.1 Å². The third-order valence-electron chi connectivity index (χ3n) is 4.26. The molecule has 0 radical (unpaired) electrons. The smallest absolute Gasteiger partial charge is 0.330 e. The van der Waals surface area contributed by atoms with Crippen molar-refractivity contribution in [3.63, 3.8) is 0 Å². The first-order valence-corrected chi connectivity index (χ1v) is 9.48. The second-order valence-electron chi connectivity index (χ2n) is 7.04. The average molecular weight is 379 g/mol. The summed E-state index contributed by atoms with van der Waals surface area (Å²) in [5, 5.41) is 11.4. The van der Waals surface area contributed by atoms with E-state index < -0.39 is 11.2 Å². The molecule has 0 bridgehead atoms. The van der Waals surface area contributed by atoms with Crippen LogP contribution in [0.3, 0.4) is 0 Å². The Balaban J connectivity index is 2.48. The number of aliphatic hydroxyl groups is 1. The number of hydrogen-bond acceptors (Lipinski definition) is 5. The number of aromatic nitrogens is 4. The molecule has 0 fully saturated rings. The van der Waals surface area contributed by atoms with E-state index in [0.717, 1.165) is 12.8 Å². The Bertz CT molecular complexity index is 894. The van der Waals surface area contributed by atoms with Gasteiger partial charge in [0.05, 0.1) is 6.61 Å². The lowest BCUT2D eigenvalue weighted by molar-refractivity contribution is -0.121.